The van der Waals surface area contributed by atoms with Gasteiger partial charge in [-0.3, -0.25) is 4.68 Å². The highest BCUT2D eigenvalue weighted by atomic mass is 15.3. The van der Waals surface area contributed by atoms with Gasteiger partial charge in [0.15, 0.2) is 0 Å². The lowest BCUT2D eigenvalue weighted by Gasteiger charge is -2.30. The van der Waals surface area contributed by atoms with Gasteiger partial charge in [0.1, 0.15) is 0 Å². The third-order valence-corrected chi connectivity index (χ3v) is 4.98. The number of nitrogens with zero attached hydrogens (tertiary/aromatic N) is 2. The van der Waals surface area contributed by atoms with E-state index in [1.54, 1.807) is 0 Å². The first kappa shape index (κ1) is 12.2. The summed E-state index contributed by atoms with van der Waals surface area (Å²) in [7, 11) is 0. The summed E-state index contributed by atoms with van der Waals surface area (Å²) in [5, 5.41) is 8.16. The van der Waals surface area contributed by atoms with Crippen LogP contribution in [-0.2, 0) is 6.54 Å². The molecule has 2 fully saturated rings. The van der Waals surface area contributed by atoms with Crippen LogP contribution in [0.15, 0.2) is 12.4 Å². The quantitative estimate of drug-likeness (QED) is 0.867. The van der Waals surface area contributed by atoms with Gasteiger partial charge in [0.2, 0.25) is 0 Å². The molecule has 3 heteroatoms. The van der Waals surface area contributed by atoms with Crippen LogP contribution in [0.1, 0.15) is 51.1 Å². The van der Waals surface area contributed by atoms with Crippen molar-refractivity contribution in [3.8, 4) is 0 Å². The van der Waals surface area contributed by atoms with Crippen molar-refractivity contribution >= 4 is 0 Å². The van der Waals surface area contributed by atoms with Crippen molar-refractivity contribution in [2.24, 2.45) is 17.8 Å². The van der Waals surface area contributed by atoms with Crippen LogP contribution in [0, 0.1) is 17.8 Å². The van der Waals surface area contributed by atoms with Gasteiger partial charge >= 0.3 is 0 Å². The molecule has 2 aliphatic carbocycles. The summed E-state index contributed by atoms with van der Waals surface area (Å²) in [6, 6.07) is 0.533. The van der Waals surface area contributed by atoms with Crippen molar-refractivity contribution in [3.05, 3.63) is 18.0 Å². The number of rotatable bonds is 5. The zero-order valence-electron chi connectivity index (χ0n) is 11.6. The third-order valence-electron chi connectivity index (χ3n) is 4.98. The van der Waals surface area contributed by atoms with E-state index in [9.17, 15) is 0 Å². The first-order valence-corrected chi connectivity index (χ1v) is 7.57. The molecule has 0 spiro atoms. The highest BCUT2D eigenvalue weighted by Crippen LogP contribution is 2.52. The number of nitrogens with one attached hydrogen (secondary N) is 1. The summed E-state index contributed by atoms with van der Waals surface area (Å²) in [6.07, 6.45) is 10.2. The van der Waals surface area contributed by atoms with Gasteiger partial charge in [-0.25, -0.2) is 0 Å². The molecular weight excluding hydrogens is 222 g/mol. The van der Waals surface area contributed by atoms with Gasteiger partial charge in [-0.15, -0.1) is 0 Å². The minimum Gasteiger partial charge on any atom is -0.310 e. The zero-order valence-corrected chi connectivity index (χ0v) is 11.6. The molecule has 2 bridgehead atoms. The smallest absolute Gasteiger partial charge is 0.0537 e. The maximum Gasteiger partial charge on any atom is 0.0537 e. The van der Waals surface area contributed by atoms with Crippen LogP contribution in [0.3, 0.4) is 0 Å². The molecule has 0 amide bonds. The summed E-state index contributed by atoms with van der Waals surface area (Å²) in [6.45, 7) is 6.38. The van der Waals surface area contributed by atoms with Gasteiger partial charge < -0.3 is 5.32 Å². The fraction of sp³-hybridized carbons (Fsp3) is 0.800. The first-order valence-electron chi connectivity index (χ1n) is 7.57. The molecule has 0 aliphatic heterocycles. The van der Waals surface area contributed by atoms with Crippen molar-refractivity contribution in [3.63, 3.8) is 0 Å². The molecule has 3 rings (SSSR count). The van der Waals surface area contributed by atoms with E-state index >= 15 is 0 Å². The third kappa shape index (κ3) is 2.09. The number of aryl methyl sites for hydroxylation is 1. The van der Waals surface area contributed by atoms with Crippen LogP contribution >= 0.6 is 0 Å². The van der Waals surface area contributed by atoms with E-state index in [-0.39, 0.29) is 0 Å². The number of hydrogen-bond acceptors (Lipinski definition) is 2. The Labute approximate surface area is 110 Å². The molecule has 1 aromatic rings. The van der Waals surface area contributed by atoms with Gasteiger partial charge in [0.25, 0.3) is 0 Å². The lowest BCUT2D eigenvalue weighted by molar-refractivity contribution is 0.253. The topological polar surface area (TPSA) is 29.9 Å². The predicted octanol–water partition coefficient (Wildman–Crippen LogP) is 2.99. The molecule has 4 unspecified atom stereocenters. The van der Waals surface area contributed by atoms with Gasteiger partial charge in [0.05, 0.1) is 6.20 Å². The van der Waals surface area contributed by atoms with Crippen molar-refractivity contribution < 1.29 is 0 Å². The van der Waals surface area contributed by atoms with Crippen LogP contribution in [0.5, 0.6) is 0 Å². The summed E-state index contributed by atoms with van der Waals surface area (Å²) < 4.78 is 2.05. The van der Waals surface area contributed by atoms with Crippen LogP contribution in [-0.4, -0.2) is 16.3 Å². The second-order valence-electron chi connectivity index (χ2n) is 6.00. The largest absolute Gasteiger partial charge is 0.310 e. The predicted molar refractivity (Wildman–Crippen MR) is 73.3 cm³/mol. The van der Waals surface area contributed by atoms with E-state index in [0.717, 1.165) is 30.8 Å². The van der Waals surface area contributed by atoms with Crippen molar-refractivity contribution in [1.29, 1.82) is 0 Å². The molecule has 3 nitrogen and oxygen atoms in total. The summed E-state index contributed by atoms with van der Waals surface area (Å²) in [5.74, 6) is 2.82. The minimum absolute atomic E-state index is 0.533. The molecule has 100 valence electrons. The second-order valence-corrected chi connectivity index (χ2v) is 6.00. The molecule has 1 heterocycles. The molecule has 2 aliphatic rings. The molecule has 0 saturated heterocycles. The SMILES string of the molecule is CCNC(c1cnn(CC)c1)C1CC2CCC1C2. The van der Waals surface area contributed by atoms with Crippen LogP contribution in [0.4, 0.5) is 0 Å². The molecule has 1 aromatic heterocycles. The molecule has 18 heavy (non-hydrogen) atoms. The van der Waals surface area contributed by atoms with Crippen LogP contribution in [0.2, 0.25) is 0 Å². The Morgan fingerprint density at radius 3 is 2.83 bits per heavy atom. The Balaban J connectivity index is 1.79. The molecular formula is C15H25N3. The fourth-order valence-electron chi connectivity index (χ4n) is 4.15. The van der Waals surface area contributed by atoms with Crippen LogP contribution < -0.4 is 5.32 Å². The fourth-order valence-corrected chi connectivity index (χ4v) is 4.15. The first-order chi connectivity index (χ1) is 8.81. The van der Waals surface area contributed by atoms with Gasteiger partial charge in [-0.05, 0) is 50.5 Å². The van der Waals surface area contributed by atoms with Crippen molar-refractivity contribution in [2.45, 2.75) is 52.1 Å². The summed E-state index contributed by atoms with van der Waals surface area (Å²) >= 11 is 0. The Morgan fingerprint density at radius 2 is 2.28 bits per heavy atom. The second kappa shape index (κ2) is 5.04. The van der Waals surface area contributed by atoms with Gasteiger partial charge in [-0.2, -0.15) is 5.10 Å². The Bertz CT molecular complexity index is 398. The summed E-state index contributed by atoms with van der Waals surface area (Å²) in [5.41, 5.74) is 1.40. The molecule has 4 atom stereocenters. The van der Waals surface area contributed by atoms with Crippen molar-refractivity contribution in [2.75, 3.05) is 6.54 Å². The van der Waals surface area contributed by atoms with Gasteiger partial charge in [-0.1, -0.05) is 13.3 Å². The Hall–Kier alpha value is -0.830. The Morgan fingerprint density at radius 1 is 1.39 bits per heavy atom. The van der Waals surface area contributed by atoms with E-state index < -0.39 is 0 Å². The molecule has 0 aromatic carbocycles. The number of hydrogen-bond donors (Lipinski definition) is 1. The Kier molecular flexibility index (Phi) is 3.42. The number of fused-ring (bicyclic) bond motifs is 2. The summed E-state index contributed by atoms with van der Waals surface area (Å²) in [4.78, 5) is 0. The molecule has 0 radical (unpaired) electrons. The average molecular weight is 247 g/mol. The highest BCUT2D eigenvalue weighted by Gasteiger charge is 2.43. The van der Waals surface area contributed by atoms with E-state index in [4.69, 9.17) is 0 Å². The van der Waals surface area contributed by atoms with E-state index in [0.29, 0.717) is 6.04 Å². The van der Waals surface area contributed by atoms with E-state index in [1.165, 1.54) is 31.2 Å². The molecule has 1 N–H and O–H groups in total. The monoisotopic (exact) mass is 247 g/mol. The van der Waals surface area contributed by atoms with Crippen molar-refractivity contribution in [1.82, 2.24) is 15.1 Å². The average Bonchev–Trinajstić information content (AvgIpc) is 3.10. The van der Waals surface area contributed by atoms with E-state index in [2.05, 4.69) is 36.7 Å². The van der Waals surface area contributed by atoms with Gasteiger partial charge in [0, 0.05) is 24.3 Å². The normalized spacial score (nSPS) is 32.0. The number of aromatic nitrogens is 2. The van der Waals surface area contributed by atoms with E-state index in [1.807, 2.05) is 4.68 Å². The maximum absolute atomic E-state index is 4.45. The highest BCUT2D eigenvalue weighted by molar-refractivity contribution is 5.14. The lowest BCUT2D eigenvalue weighted by Crippen LogP contribution is -2.31. The maximum atomic E-state index is 4.45. The standard InChI is InChI=1S/C15H25N3/c1-3-16-15(13-9-17-18(4-2)10-13)14-8-11-5-6-12(14)7-11/h9-12,14-16H,3-8H2,1-2H3. The zero-order chi connectivity index (χ0) is 12.5. The lowest BCUT2D eigenvalue weighted by atomic mass is 9.81. The molecule has 2 saturated carbocycles. The minimum atomic E-state index is 0.533. The van der Waals surface area contributed by atoms with Crippen LogP contribution in [0.25, 0.3) is 0 Å².